The Morgan fingerprint density at radius 3 is 2.65 bits per heavy atom. The van der Waals surface area contributed by atoms with Gasteiger partial charge in [-0.2, -0.15) is 5.10 Å². The van der Waals surface area contributed by atoms with Crippen LogP contribution in [-0.4, -0.2) is 31.0 Å². The Morgan fingerprint density at radius 1 is 1.08 bits per heavy atom. The van der Waals surface area contributed by atoms with E-state index in [1.165, 1.54) is 11.0 Å². The number of pyridine rings is 1. The van der Waals surface area contributed by atoms with Crippen LogP contribution >= 0.6 is 0 Å². The predicted octanol–water partition coefficient (Wildman–Crippen LogP) is 2.48. The number of phenols is 1. The molecule has 0 saturated carbocycles. The molecule has 0 amide bonds. The van der Waals surface area contributed by atoms with Gasteiger partial charge in [0.25, 0.3) is 0 Å². The van der Waals surface area contributed by atoms with E-state index >= 15 is 0 Å². The van der Waals surface area contributed by atoms with Crippen LogP contribution in [0.5, 0.6) is 5.75 Å². The number of aromatic nitrogens is 4. The fourth-order valence-corrected chi connectivity index (χ4v) is 2.74. The summed E-state index contributed by atoms with van der Waals surface area (Å²) in [7, 11) is 0. The Morgan fingerprint density at radius 2 is 1.85 bits per heavy atom. The molecule has 0 bridgehead atoms. The van der Waals surface area contributed by atoms with Crippen LogP contribution < -0.4 is 5.56 Å². The molecule has 128 valence electrons. The number of benzene rings is 2. The summed E-state index contributed by atoms with van der Waals surface area (Å²) in [4.78, 5) is 18.9. The highest BCUT2D eigenvalue weighted by Gasteiger charge is 2.11. The highest BCUT2D eigenvalue weighted by molar-refractivity contribution is 6.02. The summed E-state index contributed by atoms with van der Waals surface area (Å²) in [6.07, 6.45) is 4.70. The van der Waals surface area contributed by atoms with Crippen molar-refractivity contribution in [3.63, 3.8) is 0 Å². The van der Waals surface area contributed by atoms with Crippen molar-refractivity contribution < 1.29 is 5.11 Å². The van der Waals surface area contributed by atoms with E-state index in [1.807, 2.05) is 30.3 Å². The maximum Gasteiger partial charge on any atom is 0.311 e. The van der Waals surface area contributed by atoms with Crippen LogP contribution in [0.1, 0.15) is 11.3 Å². The third-order valence-electron chi connectivity index (χ3n) is 4.05. The lowest BCUT2D eigenvalue weighted by Gasteiger charge is -2.06. The molecular weight excluding hydrogens is 330 g/mol. The van der Waals surface area contributed by atoms with Gasteiger partial charge in [-0.3, -0.25) is 9.78 Å². The van der Waals surface area contributed by atoms with Crippen molar-refractivity contribution in [2.24, 2.45) is 5.10 Å². The summed E-state index contributed by atoms with van der Waals surface area (Å²) in [6, 6.07) is 14.6. The molecule has 0 unspecified atom stereocenters. The minimum atomic E-state index is -0.335. The van der Waals surface area contributed by atoms with Crippen LogP contribution in [0.25, 0.3) is 16.5 Å². The van der Waals surface area contributed by atoms with E-state index in [4.69, 9.17) is 0 Å². The molecule has 26 heavy (non-hydrogen) atoms. The summed E-state index contributed by atoms with van der Waals surface area (Å²) in [6.45, 7) is 1.63. The van der Waals surface area contributed by atoms with Crippen molar-refractivity contribution in [3.8, 4) is 11.4 Å². The van der Waals surface area contributed by atoms with Gasteiger partial charge in [0.2, 0.25) is 0 Å². The van der Waals surface area contributed by atoms with Gasteiger partial charge in [-0.25, -0.2) is 0 Å². The summed E-state index contributed by atoms with van der Waals surface area (Å²) >= 11 is 0. The third-order valence-corrected chi connectivity index (χ3v) is 4.05. The number of rotatable bonds is 3. The molecule has 0 radical (unpaired) electrons. The van der Waals surface area contributed by atoms with Gasteiger partial charge in [0.15, 0.2) is 0 Å². The zero-order valence-corrected chi connectivity index (χ0v) is 13.9. The fraction of sp³-hybridized carbons (Fsp3) is 0.0526. The van der Waals surface area contributed by atoms with Gasteiger partial charge >= 0.3 is 5.56 Å². The van der Waals surface area contributed by atoms with Crippen molar-refractivity contribution in [1.82, 2.24) is 19.7 Å². The van der Waals surface area contributed by atoms with Gasteiger partial charge in [0.1, 0.15) is 11.4 Å². The van der Waals surface area contributed by atoms with Crippen LogP contribution in [0.3, 0.4) is 0 Å². The van der Waals surface area contributed by atoms with E-state index in [1.54, 1.807) is 37.5 Å². The van der Waals surface area contributed by atoms with Gasteiger partial charge in [0.05, 0.1) is 11.9 Å². The number of hydrogen-bond acceptors (Lipinski definition) is 5. The molecule has 0 fully saturated rings. The Labute approximate surface area is 148 Å². The molecule has 0 saturated heterocycles. The van der Waals surface area contributed by atoms with E-state index in [-0.39, 0.29) is 11.3 Å². The van der Waals surface area contributed by atoms with Crippen molar-refractivity contribution >= 4 is 17.0 Å². The number of fused-ring (bicyclic) bond motifs is 1. The second-order valence-electron chi connectivity index (χ2n) is 5.74. The minimum Gasteiger partial charge on any atom is -0.507 e. The lowest BCUT2D eigenvalue weighted by atomic mass is 10.0. The molecule has 1 N–H and O–H groups in total. The fourth-order valence-electron chi connectivity index (χ4n) is 2.74. The highest BCUT2D eigenvalue weighted by atomic mass is 16.3. The number of hydrogen-bond donors (Lipinski definition) is 1. The summed E-state index contributed by atoms with van der Waals surface area (Å²) in [5.41, 5.74) is 1.18. The van der Waals surface area contributed by atoms with E-state index < -0.39 is 0 Å². The molecule has 0 aliphatic carbocycles. The first-order chi connectivity index (χ1) is 12.6. The van der Waals surface area contributed by atoms with Crippen molar-refractivity contribution in [2.75, 3.05) is 0 Å². The second-order valence-corrected chi connectivity index (χ2v) is 5.74. The lowest BCUT2D eigenvalue weighted by Crippen LogP contribution is -2.19. The van der Waals surface area contributed by atoms with Crippen molar-refractivity contribution in [1.29, 1.82) is 0 Å². The molecule has 0 atom stereocenters. The van der Waals surface area contributed by atoms with E-state index in [0.717, 1.165) is 15.6 Å². The summed E-state index contributed by atoms with van der Waals surface area (Å²) in [5, 5.41) is 20.6. The van der Waals surface area contributed by atoms with Crippen LogP contribution in [0.4, 0.5) is 0 Å². The molecule has 7 heteroatoms. The zero-order valence-electron chi connectivity index (χ0n) is 13.9. The number of aromatic hydroxyl groups is 1. The number of nitrogens with zero attached hydrogens (tertiary/aromatic N) is 5. The first-order valence-corrected chi connectivity index (χ1v) is 7.99. The zero-order chi connectivity index (χ0) is 18.1. The van der Waals surface area contributed by atoms with Gasteiger partial charge < -0.3 is 5.11 Å². The van der Waals surface area contributed by atoms with Crippen LogP contribution in [0, 0.1) is 6.92 Å². The normalized spacial score (nSPS) is 11.4. The SMILES string of the molecule is Cc1nn(-c2ccncc2)n(/N=C/c2c(O)ccc3ccccc23)c1=O. The van der Waals surface area contributed by atoms with Crippen LogP contribution in [0.2, 0.25) is 0 Å². The van der Waals surface area contributed by atoms with Crippen LogP contribution in [-0.2, 0) is 0 Å². The highest BCUT2D eigenvalue weighted by Crippen LogP contribution is 2.25. The molecule has 0 spiro atoms. The smallest absolute Gasteiger partial charge is 0.311 e. The predicted molar refractivity (Wildman–Crippen MR) is 99.0 cm³/mol. The monoisotopic (exact) mass is 345 g/mol. The van der Waals surface area contributed by atoms with Gasteiger partial charge in [-0.05, 0) is 35.9 Å². The average Bonchev–Trinajstić information content (AvgIpc) is 2.96. The Bertz CT molecular complexity index is 1180. The molecular formula is C19H15N5O2. The van der Waals surface area contributed by atoms with Crippen molar-refractivity contribution in [2.45, 2.75) is 6.92 Å². The maximum absolute atomic E-state index is 12.4. The Balaban J connectivity index is 1.87. The minimum absolute atomic E-state index is 0.0900. The lowest BCUT2D eigenvalue weighted by molar-refractivity contribution is 0.475. The quantitative estimate of drug-likeness (QED) is 0.578. The third kappa shape index (κ3) is 2.65. The molecule has 4 aromatic rings. The number of phenolic OH excluding ortho intramolecular Hbond substituents is 1. The van der Waals surface area contributed by atoms with Gasteiger partial charge in [0, 0.05) is 18.0 Å². The largest absolute Gasteiger partial charge is 0.507 e. The molecule has 0 aliphatic heterocycles. The molecule has 7 nitrogen and oxygen atoms in total. The van der Waals surface area contributed by atoms with Crippen molar-refractivity contribution in [3.05, 3.63) is 82.5 Å². The van der Waals surface area contributed by atoms with E-state index in [9.17, 15) is 9.90 Å². The van der Waals surface area contributed by atoms with Crippen LogP contribution in [0.15, 0.2) is 70.8 Å². The Kier molecular flexibility index (Phi) is 3.81. The first-order valence-electron chi connectivity index (χ1n) is 7.99. The summed E-state index contributed by atoms with van der Waals surface area (Å²) < 4.78 is 0. The summed E-state index contributed by atoms with van der Waals surface area (Å²) in [5.74, 6) is 0.0900. The Hall–Kier alpha value is -3.74. The molecule has 2 aromatic carbocycles. The van der Waals surface area contributed by atoms with E-state index in [2.05, 4.69) is 15.2 Å². The topological polar surface area (TPSA) is 85.3 Å². The second kappa shape index (κ2) is 6.29. The molecule has 2 heterocycles. The van der Waals surface area contributed by atoms with Gasteiger partial charge in [-0.1, -0.05) is 30.3 Å². The molecule has 4 rings (SSSR count). The maximum atomic E-state index is 12.4. The first kappa shape index (κ1) is 15.8. The number of aryl methyl sites for hydroxylation is 1. The molecule has 0 aliphatic rings. The molecule has 2 aromatic heterocycles. The average molecular weight is 345 g/mol. The van der Waals surface area contributed by atoms with Gasteiger partial charge in [-0.15, -0.1) is 14.7 Å². The standard InChI is InChI=1S/C19H15N5O2/c1-13-19(26)24(23(22-13)15-8-10-20-11-9-15)21-12-17-16-5-3-2-4-14(16)6-7-18(17)25/h2-12,25H,1H3/b21-12+. The van der Waals surface area contributed by atoms with E-state index in [0.29, 0.717) is 16.9 Å².